The zero-order valence-corrected chi connectivity index (χ0v) is 17.1. The Labute approximate surface area is 172 Å². The number of rotatable bonds is 5. The van der Waals surface area contributed by atoms with Gasteiger partial charge in [-0.25, -0.2) is 14.5 Å². The fourth-order valence-electron chi connectivity index (χ4n) is 3.56. The number of likely N-dealkylation sites (N-methyl/N-ethyl adjacent to an activating group) is 1. The van der Waals surface area contributed by atoms with E-state index in [4.69, 9.17) is 4.74 Å². The van der Waals surface area contributed by atoms with E-state index in [1.807, 2.05) is 24.0 Å². The summed E-state index contributed by atoms with van der Waals surface area (Å²) in [5, 5.41) is 13.9. The van der Waals surface area contributed by atoms with Crippen LogP contribution in [0.1, 0.15) is 24.2 Å². The van der Waals surface area contributed by atoms with Crippen molar-refractivity contribution in [2.24, 2.45) is 7.05 Å². The molecule has 4 rings (SSSR count). The number of anilines is 2. The number of aryl methyl sites for hydroxylation is 1. The first kappa shape index (κ1) is 19.9. The molecule has 0 radical (unpaired) electrons. The molecular weight excluding hydrogens is 388 g/mol. The highest BCUT2D eigenvalue weighted by molar-refractivity contribution is 5.95. The van der Waals surface area contributed by atoms with Gasteiger partial charge in [0.2, 0.25) is 0 Å². The van der Waals surface area contributed by atoms with Crippen LogP contribution < -0.4 is 15.3 Å². The number of aliphatic hydroxyl groups is 1. The van der Waals surface area contributed by atoms with E-state index in [0.29, 0.717) is 42.5 Å². The Bertz CT molecular complexity index is 1150. The van der Waals surface area contributed by atoms with Crippen LogP contribution in [-0.2, 0) is 7.05 Å². The molecule has 158 valence electrons. The lowest BCUT2D eigenvalue weighted by atomic mass is 10.2. The summed E-state index contributed by atoms with van der Waals surface area (Å²) in [7, 11) is 1.61. The van der Waals surface area contributed by atoms with Gasteiger partial charge in [0.1, 0.15) is 6.61 Å². The predicted molar refractivity (Wildman–Crippen MR) is 110 cm³/mol. The van der Waals surface area contributed by atoms with Crippen LogP contribution in [0.2, 0.25) is 0 Å². The van der Waals surface area contributed by atoms with E-state index in [-0.39, 0.29) is 18.1 Å². The Kier molecular flexibility index (Phi) is 5.17. The SMILES string of the molecule is CCN(CC(C)O)C(=O)c1cnc2c(c1)OCCN2c1ccn2c(=O)n(C)nc2c1. The minimum Gasteiger partial charge on any atom is -0.488 e. The number of aliphatic hydroxyl groups excluding tert-OH is 1. The number of carbonyl (C=O) groups is 1. The maximum Gasteiger partial charge on any atom is 0.350 e. The standard InChI is InChI=1S/C20H24N6O4/c1-4-24(12-13(2)27)19(28)14-9-16-18(21-11-14)25(7-8-30-16)15-5-6-26-17(10-15)22-23(3)20(26)29/h5-6,9-11,13,27H,4,7-8,12H2,1-3H3. The van der Waals surface area contributed by atoms with Crippen LogP contribution >= 0.6 is 0 Å². The first-order valence-corrected chi connectivity index (χ1v) is 9.82. The molecule has 1 atom stereocenters. The molecule has 1 unspecified atom stereocenters. The fourth-order valence-corrected chi connectivity index (χ4v) is 3.56. The van der Waals surface area contributed by atoms with Gasteiger partial charge >= 0.3 is 5.69 Å². The lowest BCUT2D eigenvalue weighted by Crippen LogP contribution is -2.36. The molecule has 4 heterocycles. The Morgan fingerprint density at radius 2 is 2.20 bits per heavy atom. The van der Waals surface area contributed by atoms with Crippen molar-refractivity contribution in [3.8, 4) is 5.75 Å². The van der Waals surface area contributed by atoms with Crippen molar-refractivity contribution in [1.82, 2.24) is 24.1 Å². The summed E-state index contributed by atoms with van der Waals surface area (Å²) >= 11 is 0. The predicted octanol–water partition coefficient (Wildman–Crippen LogP) is 0.801. The lowest BCUT2D eigenvalue weighted by Gasteiger charge is -2.30. The van der Waals surface area contributed by atoms with Gasteiger partial charge in [-0.3, -0.25) is 9.20 Å². The summed E-state index contributed by atoms with van der Waals surface area (Å²) < 4.78 is 8.53. The first-order valence-electron chi connectivity index (χ1n) is 9.82. The summed E-state index contributed by atoms with van der Waals surface area (Å²) in [5.41, 5.74) is 1.56. The molecule has 1 amide bonds. The Hall–Kier alpha value is -3.40. The van der Waals surface area contributed by atoms with E-state index in [1.165, 1.54) is 15.3 Å². The number of hydrogen-bond donors (Lipinski definition) is 1. The van der Waals surface area contributed by atoms with Crippen molar-refractivity contribution in [2.75, 3.05) is 31.1 Å². The molecule has 0 spiro atoms. The molecule has 3 aromatic heterocycles. The van der Waals surface area contributed by atoms with Gasteiger partial charge in [-0.05, 0) is 26.0 Å². The summed E-state index contributed by atoms with van der Waals surface area (Å²) in [6.07, 6.45) is 2.60. The van der Waals surface area contributed by atoms with E-state index in [9.17, 15) is 14.7 Å². The van der Waals surface area contributed by atoms with Gasteiger partial charge in [0.05, 0.1) is 18.2 Å². The largest absolute Gasteiger partial charge is 0.488 e. The molecule has 0 saturated heterocycles. The van der Waals surface area contributed by atoms with Crippen molar-refractivity contribution in [1.29, 1.82) is 0 Å². The first-order chi connectivity index (χ1) is 14.4. The zero-order chi connectivity index (χ0) is 21.4. The van der Waals surface area contributed by atoms with Gasteiger partial charge in [0.15, 0.2) is 17.2 Å². The van der Waals surface area contributed by atoms with Crippen molar-refractivity contribution < 1.29 is 14.6 Å². The maximum atomic E-state index is 12.8. The molecule has 1 aliphatic heterocycles. The molecule has 30 heavy (non-hydrogen) atoms. The molecule has 0 aromatic carbocycles. The quantitative estimate of drug-likeness (QED) is 0.661. The Morgan fingerprint density at radius 3 is 2.93 bits per heavy atom. The number of carbonyl (C=O) groups excluding carboxylic acids is 1. The van der Waals surface area contributed by atoms with Crippen LogP contribution in [0.25, 0.3) is 5.65 Å². The molecule has 0 aliphatic carbocycles. The highest BCUT2D eigenvalue weighted by atomic mass is 16.5. The summed E-state index contributed by atoms with van der Waals surface area (Å²) in [6.45, 7) is 5.25. The highest BCUT2D eigenvalue weighted by Gasteiger charge is 2.25. The third-order valence-corrected chi connectivity index (χ3v) is 5.03. The number of nitrogens with zero attached hydrogens (tertiary/aromatic N) is 6. The number of amides is 1. The third-order valence-electron chi connectivity index (χ3n) is 5.03. The second-order valence-electron chi connectivity index (χ2n) is 7.26. The van der Waals surface area contributed by atoms with Crippen molar-refractivity contribution >= 4 is 23.1 Å². The minimum atomic E-state index is -0.611. The van der Waals surface area contributed by atoms with E-state index >= 15 is 0 Å². The smallest absolute Gasteiger partial charge is 0.350 e. The van der Waals surface area contributed by atoms with Crippen LogP contribution in [-0.4, -0.2) is 67.4 Å². The van der Waals surface area contributed by atoms with Crippen LogP contribution in [0, 0.1) is 0 Å². The summed E-state index contributed by atoms with van der Waals surface area (Å²) in [5.74, 6) is 0.904. The molecule has 0 saturated carbocycles. The topological polar surface area (TPSA) is 105 Å². The maximum absolute atomic E-state index is 12.8. The van der Waals surface area contributed by atoms with Gasteiger partial charge < -0.3 is 19.6 Å². The van der Waals surface area contributed by atoms with Crippen molar-refractivity contribution in [3.05, 3.63) is 46.6 Å². The van der Waals surface area contributed by atoms with Gasteiger partial charge in [0.25, 0.3) is 5.91 Å². The van der Waals surface area contributed by atoms with Gasteiger partial charge in [-0.1, -0.05) is 0 Å². The van der Waals surface area contributed by atoms with Crippen LogP contribution in [0.3, 0.4) is 0 Å². The second kappa shape index (κ2) is 7.79. The molecule has 1 N–H and O–H groups in total. The van der Waals surface area contributed by atoms with E-state index in [0.717, 1.165) is 5.69 Å². The normalized spacial score (nSPS) is 14.3. The van der Waals surface area contributed by atoms with E-state index < -0.39 is 6.10 Å². The molecule has 1 aliphatic rings. The zero-order valence-electron chi connectivity index (χ0n) is 17.1. The third kappa shape index (κ3) is 3.50. The van der Waals surface area contributed by atoms with Crippen molar-refractivity contribution in [2.45, 2.75) is 20.0 Å². The molecule has 3 aromatic rings. The van der Waals surface area contributed by atoms with Crippen LogP contribution in [0.5, 0.6) is 5.75 Å². The van der Waals surface area contributed by atoms with Crippen molar-refractivity contribution in [3.63, 3.8) is 0 Å². The monoisotopic (exact) mass is 412 g/mol. The summed E-state index contributed by atoms with van der Waals surface area (Å²) in [4.78, 5) is 32.9. The number of aromatic nitrogens is 4. The average Bonchev–Trinajstić information content (AvgIpc) is 3.03. The Morgan fingerprint density at radius 1 is 1.40 bits per heavy atom. The highest BCUT2D eigenvalue weighted by Crippen LogP contribution is 2.35. The fraction of sp³-hybridized carbons (Fsp3) is 0.400. The number of hydrogen-bond acceptors (Lipinski definition) is 7. The molecule has 0 fully saturated rings. The second-order valence-corrected chi connectivity index (χ2v) is 7.26. The molecule has 10 nitrogen and oxygen atoms in total. The van der Waals surface area contributed by atoms with E-state index in [1.54, 1.807) is 31.1 Å². The average molecular weight is 412 g/mol. The van der Waals surface area contributed by atoms with Crippen LogP contribution in [0.4, 0.5) is 11.5 Å². The molecular formula is C20H24N6O4. The lowest BCUT2D eigenvalue weighted by molar-refractivity contribution is 0.0659. The molecule has 0 bridgehead atoms. The number of fused-ring (bicyclic) bond motifs is 2. The Balaban J connectivity index is 1.67. The van der Waals surface area contributed by atoms with Crippen LogP contribution in [0.15, 0.2) is 35.4 Å². The van der Waals surface area contributed by atoms with Gasteiger partial charge in [-0.15, -0.1) is 0 Å². The minimum absolute atomic E-state index is 0.205. The number of ether oxygens (including phenoxy) is 1. The summed E-state index contributed by atoms with van der Waals surface area (Å²) in [6, 6.07) is 5.33. The van der Waals surface area contributed by atoms with Gasteiger partial charge in [0, 0.05) is 44.3 Å². The number of pyridine rings is 2. The van der Waals surface area contributed by atoms with E-state index in [2.05, 4.69) is 10.1 Å². The van der Waals surface area contributed by atoms with Gasteiger partial charge in [-0.2, -0.15) is 5.10 Å². The molecule has 10 heteroatoms.